The standard InChI is InChI=1S/C20H16Cl2N2O5/c1-9(18(25)23-12-4-2-10(3-5-12)19(26)27)13-8-16(20(28)29)24-15-7-11(21)6-14(22)17(13)15/h2-7,16,24H,8H2,1H3,(H,23,25)(H,26,27)(H,28,29)/b13-9+. The number of carboxylic acid groups (broad SMARTS) is 2. The van der Waals surface area contributed by atoms with Crippen LogP contribution in [0.2, 0.25) is 10.0 Å². The molecule has 0 saturated carbocycles. The first-order valence-corrected chi connectivity index (χ1v) is 9.26. The van der Waals surface area contributed by atoms with Crippen molar-refractivity contribution in [1.29, 1.82) is 0 Å². The lowest BCUT2D eigenvalue weighted by Crippen LogP contribution is -2.33. The van der Waals surface area contributed by atoms with Crippen molar-refractivity contribution in [2.24, 2.45) is 0 Å². The van der Waals surface area contributed by atoms with Crippen molar-refractivity contribution >= 4 is 58.0 Å². The number of fused-ring (bicyclic) bond motifs is 1. The number of aliphatic carboxylic acids is 1. The Balaban J connectivity index is 1.98. The minimum absolute atomic E-state index is 0.0564. The fourth-order valence-corrected chi connectivity index (χ4v) is 3.69. The lowest BCUT2D eigenvalue weighted by Gasteiger charge is -2.28. The van der Waals surface area contributed by atoms with Crippen LogP contribution < -0.4 is 10.6 Å². The Bertz CT molecular complexity index is 1050. The fraction of sp³-hybridized carbons (Fsp3) is 0.150. The molecule has 1 unspecified atom stereocenters. The molecule has 29 heavy (non-hydrogen) atoms. The van der Waals surface area contributed by atoms with E-state index in [9.17, 15) is 19.5 Å². The van der Waals surface area contributed by atoms with Gasteiger partial charge in [0.25, 0.3) is 5.91 Å². The lowest BCUT2D eigenvalue weighted by atomic mass is 9.88. The number of hydrogen-bond donors (Lipinski definition) is 4. The van der Waals surface area contributed by atoms with E-state index >= 15 is 0 Å². The van der Waals surface area contributed by atoms with Crippen molar-refractivity contribution in [3.05, 3.63) is 63.1 Å². The SMILES string of the molecule is C/C(C(=O)Nc1ccc(C(=O)O)cc1)=C1/CC(C(=O)O)Nc2cc(Cl)cc(Cl)c21. The monoisotopic (exact) mass is 434 g/mol. The first-order valence-electron chi connectivity index (χ1n) is 8.50. The summed E-state index contributed by atoms with van der Waals surface area (Å²) in [7, 11) is 0. The van der Waals surface area contributed by atoms with Crippen LogP contribution in [0.1, 0.15) is 29.3 Å². The number of carboxylic acids is 2. The summed E-state index contributed by atoms with van der Waals surface area (Å²) in [6.07, 6.45) is 0.0564. The second-order valence-electron chi connectivity index (χ2n) is 6.49. The van der Waals surface area contributed by atoms with Crippen LogP contribution in [0, 0.1) is 0 Å². The summed E-state index contributed by atoms with van der Waals surface area (Å²) < 4.78 is 0. The van der Waals surface area contributed by atoms with Gasteiger partial charge >= 0.3 is 11.9 Å². The van der Waals surface area contributed by atoms with Crippen LogP contribution in [0.25, 0.3) is 5.57 Å². The molecule has 1 aliphatic rings. The maximum Gasteiger partial charge on any atom is 0.335 e. The van der Waals surface area contributed by atoms with Crippen LogP contribution in [0.15, 0.2) is 42.0 Å². The minimum atomic E-state index is -1.07. The topological polar surface area (TPSA) is 116 Å². The quantitative estimate of drug-likeness (QED) is 0.530. The van der Waals surface area contributed by atoms with Crippen molar-refractivity contribution < 1.29 is 24.6 Å². The Labute approximate surface area is 175 Å². The van der Waals surface area contributed by atoms with E-state index in [1.165, 1.54) is 30.3 Å². The predicted octanol–water partition coefficient (Wildman–Crippen LogP) is 4.37. The summed E-state index contributed by atoms with van der Waals surface area (Å²) >= 11 is 12.4. The number of amides is 1. The van der Waals surface area contributed by atoms with Crippen LogP contribution in [-0.4, -0.2) is 34.1 Å². The molecule has 0 aliphatic carbocycles. The van der Waals surface area contributed by atoms with Crippen molar-refractivity contribution in [2.75, 3.05) is 10.6 Å². The van der Waals surface area contributed by atoms with Gasteiger partial charge in [-0.1, -0.05) is 23.2 Å². The number of aromatic carboxylic acids is 1. The van der Waals surface area contributed by atoms with Crippen LogP contribution in [0.3, 0.4) is 0 Å². The van der Waals surface area contributed by atoms with Gasteiger partial charge in [0, 0.05) is 34.0 Å². The summed E-state index contributed by atoms with van der Waals surface area (Å²) in [4.78, 5) is 35.3. The Morgan fingerprint density at radius 1 is 1.10 bits per heavy atom. The van der Waals surface area contributed by atoms with E-state index in [0.29, 0.717) is 38.1 Å². The van der Waals surface area contributed by atoms with E-state index in [0.717, 1.165) is 0 Å². The maximum absolute atomic E-state index is 12.8. The van der Waals surface area contributed by atoms with E-state index in [1.807, 2.05) is 0 Å². The number of rotatable bonds is 4. The highest BCUT2D eigenvalue weighted by Crippen LogP contribution is 2.42. The summed E-state index contributed by atoms with van der Waals surface area (Å²) in [6, 6.07) is 7.85. The average Bonchev–Trinajstić information content (AvgIpc) is 2.66. The molecule has 1 atom stereocenters. The van der Waals surface area contributed by atoms with Gasteiger partial charge in [-0.2, -0.15) is 0 Å². The van der Waals surface area contributed by atoms with Crippen LogP contribution >= 0.6 is 23.2 Å². The molecule has 2 aromatic carbocycles. The fourth-order valence-electron chi connectivity index (χ4n) is 3.09. The third kappa shape index (κ3) is 4.36. The minimum Gasteiger partial charge on any atom is -0.480 e. The number of carbonyl (C=O) groups excluding carboxylic acids is 1. The van der Waals surface area contributed by atoms with Gasteiger partial charge in [-0.25, -0.2) is 9.59 Å². The smallest absolute Gasteiger partial charge is 0.335 e. The average molecular weight is 435 g/mol. The van der Waals surface area contributed by atoms with Gasteiger partial charge in [-0.3, -0.25) is 4.79 Å². The largest absolute Gasteiger partial charge is 0.480 e. The Morgan fingerprint density at radius 2 is 1.76 bits per heavy atom. The zero-order valence-electron chi connectivity index (χ0n) is 15.1. The summed E-state index contributed by atoms with van der Waals surface area (Å²) in [5, 5.41) is 24.6. The number of halogens is 2. The molecule has 4 N–H and O–H groups in total. The molecular formula is C20H16Cl2N2O5. The first kappa shape index (κ1) is 20.7. The molecule has 1 aliphatic heterocycles. The van der Waals surface area contributed by atoms with Gasteiger partial charge in [0.05, 0.1) is 10.6 Å². The van der Waals surface area contributed by atoms with E-state index in [-0.39, 0.29) is 12.0 Å². The third-order valence-corrected chi connectivity index (χ3v) is 5.09. The van der Waals surface area contributed by atoms with Gasteiger partial charge in [0.15, 0.2) is 0 Å². The molecule has 7 nitrogen and oxygen atoms in total. The summed E-state index contributed by atoms with van der Waals surface area (Å²) in [6.45, 7) is 1.58. The van der Waals surface area contributed by atoms with Gasteiger partial charge in [0.1, 0.15) is 6.04 Å². The van der Waals surface area contributed by atoms with Crippen LogP contribution in [0.5, 0.6) is 0 Å². The van der Waals surface area contributed by atoms with E-state index in [2.05, 4.69) is 10.6 Å². The van der Waals surface area contributed by atoms with Crippen LogP contribution in [-0.2, 0) is 9.59 Å². The van der Waals surface area contributed by atoms with Gasteiger partial charge < -0.3 is 20.8 Å². The number of anilines is 2. The zero-order valence-corrected chi connectivity index (χ0v) is 16.6. The molecule has 0 saturated heterocycles. The summed E-state index contributed by atoms with van der Waals surface area (Å²) in [5.41, 5.74) is 2.26. The molecule has 3 rings (SSSR count). The van der Waals surface area contributed by atoms with Gasteiger partial charge in [-0.05, 0) is 48.9 Å². The molecule has 1 heterocycles. The molecule has 2 aromatic rings. The second kappa shape index (κ2) is 8.14. The molecule has 9 heteroatoms. The number of benzene rings is 2. The molecule has 0 bridgehead atoms. The molecule has 0 spiro atoms. The van der Waals surface area contributed by atoms with Crippen LogP contribution in [0.4, 0.5) is 11.4 Å². The van der Waals surface area contributed by atoms with E-state index in [4.69, 9.17) is 28.3 Å². The van der Waals surface area contributed by atoms with Gasteiger partial charge in [0.2, 0.25) is 0 Å². The van der Waals surface area contributed by atoms with Crippen molar-refractivity contribution in [1.82, 2.24) is 0 Å². The molecule has 0 aromatic heterocycles. The predicted molar refractivity (Wildman–Crippen MR) is 111 cm³/mol. The highest BCUT2D eigenvalue weighted by atomic mass is 35.5. The van der Waals surface area contributed by atoms with Gasteiger partial charge in [-0.15, -0.1) is 0 Å². The Hall–Kier alpha value is -3.03. The van der Waals surface area contributed by atoms with Crippen molar-refractivity contribution in [2.45, 2.75) is 19.4 Å². The van der Waals surface area contributed by atoms with E-state index in [1.54, 1.807) is 13.0 Å². The molecule has 0 fully saturated rings. The number of nitrogens with one attached hydrogen (secondary N) is 2. The van der Waals surface area contributed by atoms with Crippen molar-refractivity contribution in [3.63, 3.8) is 0 Å². The number of carbonyl (C=O) groups is 3. The lowest BCUT2D eigenvalue weighted by molar-refractivity contribution is -0.137. The molecular weight excluding hydrogens is 419 g/mol. The normalized spacial score (nSPS) is 17.0. The Morgan fingerprint density at radius 3 is 2.34 bits per heavy atom. The number of hydrogen-bond acceptors (Lipinski definition) is 4. The summed E-state index contributed by atoms with van der Waals surface area (Å²) in [5.74, 6) is -2.59. The molecule has 150 valence electrons. The molecule has 1 amide bonds. The highest BCUT2D eigenvalue weighted by molar-refractivity contribution is 6.37. The molecule has 0 radical (unpaired) electrons. The maximum atomic E-state index is 12.8. The Kier molecular flexibility index (Phi) is 5.81. The second-order valence-corrected chi connectivity index (χ2v) is 7.33. The first-order chi connectivity index (χ1) is 13.7. The third-order valence-electron chi connectivity index (χ3n) is 4.58. The van der Waals surface area contributed by atoms with Crippen molar-refractivity contribution in [3.8, 4) is 0 Å². The highest BCUT2D eigenvalue weighted by Gasteiger charge is 2.31. The zero-order chi connectivity index (χ0) is 21.3. The van der Waals surface area contributed by atoms with E-state index < -0.39 is 23.9 Å².